The molecule has 0 radical (unpaired) electrons. The first-order valence-corrected chi connectivity index (χ1v) is 9.66. The molecule has 0 aliphatic rings. The molecule has 0 aliphatic carbocycles. The van der Waals surface area contributed by atoms with Gasteiger partial charge in [0.25, 0.3) is 0 Å². The van der Waals surface area contributed by atoms with Crippen molar-refractivity contribution in [2.75, 3.05) is 12.4 Å². The molecule has 3 aromatic heterocycles. The Morgan fingerprint density at radius 3 is 1.96 bits per heavy atom. The predicted molar refractivity (Wildman–Crippen MR) is 120 cm³/mol. The van der Waals surface area contributed by atoms with E-state index < -0.39 is 0 Å². The fourth-order valence-corrected chi connectivity index (χ4v) is 2.14. The molecule has 0 fully saturated rings. The molecule has 0 amide bonds. The normalized spacial score (nSPS) is 10.3. The van der Waals surface area contributed by atoms with Gasteiger partial charge in [-0.3, -0.25) is 9.97 Å². The van der Waals surface area contributed by atoms with Crippen molar-refractivity contribution in [3.63, 3.8) is 0 Å². The second kappa shape index (κ2) is 11.9. The van der Waals surface area contributed by atoms with Crippen LogP contribution in [0.4, 0.5) is 5.82 Å². The minimum absolute atomic E-state index is 0.182. The lowest BCUT2D eigenvalue weighted by molar-refractivity contribution is 0.569. The lowest BCUT2D eigenvalue weighted by Crippen LogP contribution is -2.12. The largest absolute Gasteiger partial charge is 0.373 e. The second-order valence-electron chi connectivity index (χ2n) is 7.88. The Balaban J connectivity index is 0.000000210. The van der Waals surface area contributed by atoms with Crippen molar-refractivity contribution < 1.29 is 0 Å². The van der Waals surface area contributed by atoms with Gasteiger partial charge in [-0.1, -0.05) is 52.8 Å². The second-order valence-corrected chi connectivity index (χ2v) is 7.88. The van der Waals surface area contributed by atoms with Gasteiger partial charge in [-0.15, -0.1) is 0 Å². The van der Waals surface area contributed by atoms with Gasteiger partial charge in [0.1, 0.15) is 5.82 Å². The van der Waals surface area contributed by atoms with Gasteiger partial charge in [0, 0.05) is 42.9 Å². The van der Waals surface area contributed by atoms with Crippen molar-refractivity contribution in [3.8, 4) is 0 Å². The molecular weight excluding hydrogens is 344 g/mol. The van der Waals surface area contributed by atoms with Crippen LogP contribution in [0.2, 0.25) is 0 Å². The number of hydrogen-bond acceptors (Lipinski definition) is 4. The fraction of sp³-hybridized carbons (Fsp3) is 0.375. The molecule has 4 nitrogen and oxygen atoms in total. The van der Waals surface area contributed by atoms with Crippen molar-refractivity contribution >= 4 is 5.82 Å². The van der Waals surface area contributed by atoms with E-state index in [1.807, 2.05) is 62.9 Å². The number of aryl methyl sites for hydroxylation is 1. The van der Waals surface area contributed by atoms with Crippen molar-refractivity contribution in [2.24, 2.45) is 0 Å². The smallest absolute Gasteiger partial charge is 0.125 e. The van der Waals surface area contributed by atoms with E-state index >= 15 is 0 Å². The van der Waals surface area contributed by atoms with Crippen molar-refractivity contribution in [1.29, 1.82) is 0 Å². The van der Waals surface area contributed by atoms with Crippen LogP contribution in [0.15, 0.2) is 67.3 Å². The monoisotopic (exact) mass is 378 g/mol. The Labute approximate surface area is 170 Å². The maximum atomic E-state index is 4.25. The van der Waals surface area contributed by atoms with Gasteiger partial charge in [-0.25, -0.2) is 4.98 Å². The summed E-state index contributed by atoms with van der Waals surface area (Å²) in [5, 5.41) is 2.94. The van der Waals surface area contributed by atoms with Gasteiger partial charge in [0.2, 0.25) is 0 Å². The zero-order chi connectivity index (χ0) is 21.0. The lowest BCUT2D eigenvalue weighted by atomic mass is 9.92. The third kappa shape index (κ3) is 9.26. The number of anilines is 1. The van der Waals surface area contributed by atoms with Crippen LogP contribution in [0.1, 0.15) is 57.4 Å². The number of pyridine rings is 3. The quantitative estimate of drug-likeness (QED) is 0.593. The molecule has 0 spiro atoms. The Morgan fingerprint density at radius 1 is 0.857 bits per heavy atom. The summed E-state index contributed by atoms with van der Waals surface area (Å²) in [4.78, 5) is 12.3. The Kier molecular flexibility index (Phi) is 9.86. The highest BCUT2D eigenvalue weighted by atomic mass is 14.9. The minimum atomic E-state index is 0.182. The molecule has 0 atom stereocenters. The standard InChI is InChI=1S/C9H13N.C8H11N.C7H10N2/c1-9(2,3)8-6-4-5-7-10-8;1-7(2)8-4-3-5-9-6-8;1-6-3-4-7(8-2)9-5-6/h4-7H,1-3H3;3-7H,1-2H3;3-5H,1-2H3,(H,8,9). The summed E-state index contributed by atoms with van der Waals surface area (Å²) >= 11 is 0. The van der Waals surface area contributed by atoms with E-state index in [4.69, 9.17) is 0 Å². The van der Waals surface area contributed by atoms with E-state index in [1.165, 1.54) is 11.1 Å². The number of nitrogens with one attached hydrogen (secondary N) is 1. The van der Waals surface area contributed by atoms with Gasteiger partial charge >= 0.3 is 0 Å². The average Bonchev–Trinajstić information content (AvgIpc) is 2.70. The van der Waals surface area contributed by atoms with E-state index in [0.717, 1.165) is 11.5 Å². The molecule has 0 unspecified atom stereocenters. The molecular formula is C24H34N4. The van der Waals surface area contributed by atoms with Crippen LogP contribution in [0, 0.1) is 6.92 Å². The van der Waals surface area contributed by atoms with E-state index in [-0.39, 0.29) is 5.41 Å². The van der Waals surface area contributed by atoms with E-state index in [0.29, 0.717) is 5.92 Å². The molecule has 1 N–H and O–H groups in total. The summed E-state index contributed by atoms with van der Waals surface area (Å²) in [6.07, 6.45) is 7.38. The molecule has 0 bridgehead atoms. The highest BCUT2D eigenvalue weighted by Crippen LogP contribution is 2.18. The van der Waals surface area contributed by atoms with Crippen molar-refractivity contribution in [3.05, 3.63) is 84.1 Å². The van der Waals surface area contributed by atoms with Crippen LogP contribution in [0.25, 0.3) is 0 Å². The highest BCUT2D eigenvalue weighted by molar-refractivity contribution is 5.33. The van der Waals surface area contributed by atoms with Gasteiger partial charge in [-0.2, -0.15) is 0 Å². The minimum Gasteiger partial charge on any atom is -0.373 e. The SMILES string of the molecule is CC(C)(C)c1ccccn1.CC(C)c1cccnc1.CNc1ccc(C)cn1. The summed E-state index contributed by atoms with van der Waals surface area (Å²) in [5.41, 5.74) is 3.82. The van der Waals surface area contributed by atoms with E-state index in [2.05, 4.69) is 67.0 Å². The van der Waals surface area contributed by atoms with E-state index in [9.17, 15) is 0 Å². The van der Waals surface area contributed by atoms with Crippen LogP contribution >= 0.6 is 0 Å². The summed E-state index contributed by atoms with van der Waals surface area (Å²) in [5.74, 6) is 1.51. The maximum Gasteiger partial charge on any atom is 0.125 e. The molecule has 3 rings (SSSR count). The molecule has 3 aromatic rings. The Bertz CT molecular complexity index is 761. The predicted octanol–water partition coefficient (Wildman–Crippen LogP) is 6.02. The molecule has 150 valence electrons. The molecule has 0 aliphatic heterocycles. The zero-order valence-corrected chi connectivity index (χ0v) is 18.3. The number of hydrogen-bond donors (Lipinski definition) is 1. The first-order valence-electron chi connectivity index (χ1n) is 9.66. The topological polar surface area (TPSA) is 50.7 Å². The van der Waals surface area contributed by atoms with Gasteiger partial charge in [0.15, 0.2) is 0 Å². The van der Waals surface area contributed by atoms with Gasteiger partial charge < -0.3 is 5.32 Å². The van der Waals surface area contributed by atoms with Crippen LogP contribution in [0.5, 0.6) is 0 Å². The van der Waals surface area contributed by atoms with Gasteiger partial charge in [-0.05, 0) is 48.2 Å². The van der Waals surface area contributed by atoms with Crippen molar-refractivity contribution in [2.45, 2.75) is 52.9 Å². The molecule has 0 saturated heterocycles. The third-order valence-electron chi connectivity index (χ3n) is 3.95. The zero-order valence-electron chi connectivity index (χ0n) is 18.3. The third-order valence-corrected chi connectivity index (χ3v) is 3.95. The Morgan fingerprint density at radius 2 is 1.61 bits per heavy atom. The van der Waals surface area contributed by atoms with Crippen molar-refractivity contribution in [1.82, 2.24) is 15.0 Å². The fourth-order valence-electron chi connectivity index (χ4n) is 2.14. The molecule has 4 heteroatoms. The average molecular weight is 379 g/mol. The van der Waals surface area contributed by atoms with Crippen LogP contribution in [0.3, 0.4) is 0 Å². The van der Waals surface area contributed by atoms with Gasteiger partial charge in [0.05, 0.1) is 0 Å². The summed E-state index contributed by atoms with van der Waals surface area (Å²) in [6.45, 7) is 12.8. The lowest BCUT2D eigenvalue weighted by Gasteiger charge is -2.16. The molecule has 0 aromatic carbocycles. The van der Waals surface area contributed by atoms with Crippen LogP contribution in [-0.2, 0) is 5.41 Å². The molecule has 28 heavy (non-hydrogen) atoms. The summed E-state index contributed by atoms with van der Waals surface area (Å²) in [6, 6.07) is 14.1. The molecule has 3 heterocycles. The molecule has 0 saturated carbocycles. The maximum absolute atomic E-state index is 4.25. The summed E-state index contributed by atoms with van der Waals surface area (Å²) in [7, 11) is 1.86. The number of nitrogens with zero attached hydrogens (tertiary/aromatic N) is 3. The number of rotatable bonds is 2. The van der Waals surface area contributed by atoms with Crippen LogP contribution < -0.4 is 5.32 Å². The first kappa shape index (κ1) is 23.3. The van der Waals surface area contributed by atoms with E-state index in [1.54, 1.807) is 6.20 Å². The first-order chi connectivity index (χ1) is 13.2. The van der Waals surface area contributed by atoms with Crippen LogP contribution in [-0.4, -0.2) is 22.0 Å². The summed E-state index contributed by atoms with van der Waals surface area (Å²) < 4.78 is 0. The Hall–Kier alpha value is -2.75. The highest BCUT2D eigenvalue weighted by Gasteiger charge is 2.13. The number of aromatic nitrogens is 3.